The lowest BCUT2D eigenvalue weighted by atomic mass is 10.2. The SMILES string of the molecule is CC(N(C)C)C([SiH3])(N(C)C)N(C)C. The Balaban J connectivity index is 4.79. The first-order valence-electron chi connectivity index (χ1n) is 4.75. The van der Waals surface area contributed by atoms with Crippen LogP contribution >= 0.6 is 0 Å². The van der Waals surface area contributed by atoms with E-state index in [4.69, 9.17) is 0 Å². The lowest BCUT2D eigenvalue weighted by Crippen LogP contribution is -2.65. The van der Waals surface area contributed by atoms with Crippen molar-refractivity contribution in [1.82, 2.24) is 14.7 Å². The second kappa shape index (κ2) is 4.55. The monoisotopic (exact) mass is 203 g/mol. The summed E-state index contributed by atoms with van der Waals surface area (Å²) in [5.41, 5.74) is 0. The topological polar surface area (TPSA) is 9.72 Å². The number of likely N-dealkylation sites (N-methyl/N-ethyl adjacent to an activating group) is 3. The van der Waals surface area contributed by atoms with E-state index in [9.17, 15) is 0 Å². The van der Waals surface area contributed by atoms with Crippen molar-refractivity contribution in [3.63, 3.8) is 0 Å². The van der Waals surface area contributed by atoms with Crippen molar-refractivity contribution in [1.29, 1.82) is 0 Å². The van der Waals surface area contributed by atoms with Crippen molar-refractivity contribution in [2.24, 2.45) is 0 Å². The normalized spacial score (nSPS) is 16.2. The maximum atomic E-state index is 2.32. The maximum Gasteiger partial charge on any atom is 0.0664 e. The van der Waals surface area contributed by atoms with Gasteiger partial charge in [0.05, 0.1) is 5.29 Å². The average molecular weight is 203 g/mol. The molecule has 0 bridgehead atoms. The van der Waals surface area contributed by atoms with Crippen molar-refractivity contribution in [3.05, 3.63) is 0 Å². The molecule has 0 aliphatic carbocycles. The van der Waals surface area contributed by atoms with Gasteiger partial charge in [-0.25, -0.2) is 0 Å². The fourth-order valence-corrected chi connectivity index (χ4v) is 2.15. The summed E-state index contributed by atoms with van der Waals surface area (Å²) >= 11 is 0. The van der Waals surface area contributed by atoms with E-state index in [1.165, 1.54) is 0 Å². The van der Waals surface area contributed by atoms with E-state index in [0.29, 0.717) is 6.04 Å². The highest BCUT2D eigenvalue weighted by molar-refractivity contribution is 6.15. The van der Waals surface area contributed by atoms with Crippen LogP contribution in [-0.2, 0) is 0 Å². The first-order valence-corrected chi connectivity index (χ1v) is 5.75. The quantitative estimate of drug-likeness (QED) is 0.432. The highest BCUT2D eigenvalue weighted by Gasteiger charge is 2.36. The summed E-state index contributed by atoms with van der Waals surface area (Å²) in [6.07, 6.45) is 0. The zero-order valence-corrected chi connectivity index (χ0v) is 12.4. The average Bonchev–Trinajstić information content (AvgIpc) is 2.00. The van der Waals surface area contributed by atoms with Crippen LogP contribution in [0.4, 0.5) is 0 Å². The predicted molar refractivity (Wildman–Crippen MR) is 63.2 cm³/mol. The number of hydrogen-bond acceptors (Lipinski definition) is 3. The van der Waals surface area contributed by atoms with E-state index in [1.54, 1.807) is 0 Å². The molecule has 0 spiro atoms. The molecule has 1 atom stereocenters. The minimum Gasteiger partial charge on any atom is -0.304 e. The Morgan fingerprint density at radius 1 is 0.923 bits per heavy atom. The van der Waals surface area contributed by atoms with Crippen LogP contribution in [0.25, 0.3) is 0 Å². The van der Waals surface area contributed by atoms with Gasteiger partial charge in [0.1, 0.15) is 0 Å². The Kier molecular flexibility index (Phi) is 4.58. The summed E-state index contributed by atoms with van der Waals surface area (Å²) in [7, 11) is 14.1. The lowest BCUT2D eigenvalue weighted by molar-refractivity contribution is 0.0159. The van der Waals surface area contributed by atoms with Crippen LogP contribution in [-0.4, -0.2) is 78.6 Å². The van der Waals surface area contributed by atoms with Crippen LogP contribution in [0.2, 0.25) is 0 Å². The first-order chi connectivity index (χ1) is 5.74. The molecule has 0 N–H and O–H groups in total. The van der Waals surface area contributed by atoms with Crippen molar-refractivity contribution in [3.8, 4) is 0 Å². The molecule has 0 amide bonds. The highest BCUT2D eigenvalue weighted by Crippen LogP contribution is 2.18. The molecule has 0 saturated carbocycles. The molecule has 0 saturated heterocycles. The largest absolute Gasteiger partial charge is 0.304 e. The Morgan fingerprint density at radius 2 is 1.23 bits per heavy atom. The minimum atomic E-state index is 0.212. The van der Waals surface area contributed by atoms with Crippen molar-refractivity contribution < 1.29 is 0 Å². The Labute approximate surface area is 86.1 Å². The standard InChI is InChI=1S/C9H25N3Si/c1-8(10(2)3)9(13,11(4)5)12(6)7/h8H,1-7,13H3. The van der Waals surface area contributed by atoms with Gasteiger partial charge in [-0.1, -0.05) is 0 Å². The third kappa shape index (κ3) is 2.53. The molecule has 0 aliphatic rings. The molecule has 13 heavy (non-hydrogen) atoms. The molecule has 0 fully saturated rings. The third-order valence-corrected chi connectivity index (χ3v) is 6.00. The van der Waals surface area contributed by atoms with Crippen molar-refractivity contribution in [2.75, 3.05) is 42.3 Å². The molecule has 3 nitrogen and oxygen atoms in total. The van der Waals surface area contributed by atoms with Gasteiger partial charge in [-0.15, -0.1) is 0 Å². The summed E-state index contributed by atoms with van der Waals surface area (Å²) in [5.74, 6) is 0. The second-order valence-electron chi connectivity index (χ2n) is 4.52. The third-order valence-electron chi connectivity index (χ3n) is 3.38. The summed E-state index contributed by atoms with van der Waals surface area (Å²) in [4.78, 5) is 6.93. The summed E-state index contributed by atoms with van der Waals surface area (Å²) in [6.45, 7) is 2.28. The predicted octanol–water partition coefficient (Wildman–Crippen LogP) is -0.921. The van der Waals surface area contributed by atoms with Gasteiger partial charge >= 0.3 is 0 Å². The van der Waals surface area contributed by atoms with Crippen LogP contribution < -0.4 is 0 Å². The van der Waals surface area contributed by atoms with Crippen LogP contribution in [0, 0.1) is 0 Å². The molecule has 0 rings (SSSR count). The molecule has 0 radical (unpaired) electrons. The maximum absolute atomic E-state index is 2.32. The molecule has 4 heteroatoms. The van der Waals surface area contributed by atoms with Crippen molar-refractivity contribution in [2.45, 2.75) is 18.3 Å². The van der Waals surface area contributed by atoms with Crippen LogP contribution in [0.1, 0.15) is 6.92 Å². The number of rotatable bonds is 4. The molecular weight excluding hydrogens is 178 g/mol. The molecule has 80 valence electrons. The molecule has 0 heterocycles. The van der Waals surface area contributed by atoms with E-state index < -0.39 is 0 Å². The Morgan fingerprint density at radius 3 is 1.31 bits per heavy atom. The van der Waals surface area contributed by atoms with Gasteiger partial charge in [-0.05, 0) is 49.2 Å². The number of hydrogen-bond donors (Lipinski definition) is 0. The summed E-state index contributed by atoms with van der Waals surface area (Å²) in [6, 6.07) is 0.546. The van der Waals surface area contributed by atoms with Crippen LogP contribution in [0.5, 0.6) is 0 Å². The molecule has 0 aliphatic heterocycles. The fraction of sp³-hybridized carbons (Fsp3) is 1.00. The smallest absolute Gasteiger partial charge is 0.0664 e. The fourth-order valence-electron chi connectivity index (χ4n) is 1.64. The Bertz CT molecular complexity index is 149. The zero-order chi connectivity index (χ0) is 10.8. The van der Waals surface area contributed by atoms with E-state index in [0.717, 1.165) is 10.2 Å². The molecule has 0 aromatic heterocycles. The number of nitrogens with zero attached hydrogens (tertiary/aromatic N) is 3. The van der Waals surface area contributed by atoms with Gasteiger partial charge < -0.3 is 4.90 Å². The lowest BCUT2D eigenvalue weighted by Gasteiger charge is -2.49. The van der Waals surface area contributed by atoms with E-state index in [2.05, 4.69) is 63.9 Å². The zero-order valence-electron chi connectivity index (χ0n) is 10.4. The van der Waals surface area contributed by atoms with Crippen LogP contribution in [0.15, 0.2) is 0 Å². The summed E-state index contributed by atoms with van der Waals surface area (Å²) < 4.78 is 0. The minimum absolute atomic E-state index is 0.212. The van der Waals surface area contributed by atoms with Gasteiger partial charge in [-0.3, -0.25) is 9.80 Å². The van der Waals surface area contributed by atoms with Gasteiger partial charge in [0.15, 0.2) is 0 Å². The molecule has 0 aromatic carbocycles. The summed E-state index contributed by atoms with van der Waals surface area (Å²) in [5, 5.41) is 0.212. The van der Waals surface area contributed by atoms with E-state index >= 15 is 0 Å². The van der Waals surface area contributed by atoms with Crippen LogP contribution in [0.3, 0.4) is 0 Å². The second-order valence-corrected chi connectivity index (χ2v) is 5.99. The molecule has 0 aromatic rings. The Hall–Kier alpha value is 0.0969. The highest BCUT2D eigenvalue weighted by atomic mass is 28.1. The molecular formula is C9H25N3Si. The van der Waals surface area contributed by atoms with Gasteiger partial charge in [-0.2, -0.15) is 0 Å². The first kappa shape index (κ1) is 13.1. The van der Waals surface area contributed by atoms with Gasteiger partial charge in [0.25, 0.3) is 0 Å². The van der Waals surface area contributed by atoms with Gasteiger partial charge in [0, 0.05) is 16.3 Å². The van der Waals surface area contributed by atoms with Gasteiger partial charge in [0.2, 0.25) is 0 Å². The van der Waals surface area contributed by atoms with E-state index in [1.807, 2.05) is 0 Å². The van der Waals surface area contributed by atoms with E-state index in [-0.39, 0.29) is 5.29 Å². The molecule has 1 unspecified atom stereocenters. The van der Waals surface area contributed by atoms with Crippen molar-refractivity contribution >= 4 is 10.2 Å².